The number of imidazole rings is 1. The molecule has 9 heteroatoms. The molecule has 0 fully saturated rings. The number of nitrogens with two attached hydrogens (primary N) is 1. The molecule has 2 rings (SSSR count). The van der Waals surface area contributed by atoms with Crippen molar-refractivity contribution < 1.29 is 8.42 Å². The SMILES string of the molecule is Cc1[nH]nc(CN)c1S(=O)(=O)NCc1nccn1C. The van der Waals surface area contributed by atoms with Crippen LogP contribution in [0.15, 0.2) is 17.3 Å². The zero-order valence-electron chi connectivity index (χ0n) is 10.7. The van der Waals surface area contributed by atoms with Gasteiger partial charge in [-0.25, -0.2) is 18.1 Å². The maximum Gasteiger partial charge on any atom is 0.244 e. The van der Waals surface area contributed by atoms with Crippen molar-refractivity contribution in [3.8, 4) is 0 Å². The summed E-state index contributed by atoms with van der Waals surface area (Å²) in [6, 6.07) is 0. The molecule has 0 unspecified atom stereocenters. The van der Waals surface area contributed by atoms with Gasteiger partial charge >= 0.3 is 0 Å². The second-order valence-corrected chi connectivity index (χ2v) is 5.81. The molecule has 0 radical (unpaired) electrons. The lowest BCUT2D eigenvalue weighted by Crippen LogP contribution is -2.26. The first-order valence-corrected chi connectivity index (χ1v) is 7.14. The predicted octanol–water partition coefficient (Wildman–Crippen LogP) is -0.611. The van der Waals surface area contributed by atoms with Gasteiger partial charge in [0.1, 0.15) is 10.7 Å². The third-order valence-corrected chi connectivity index (χ3v) is 4.37. The van der Waals surface area contributed by atoms with Crippen LogP contribution in [0.4, 0.5) is 0 Å². The number of nitrogens with one attached hydrogen (secondary N) is 2. The van der Waals surface area contributed by atoms with Crippen LogP contribution in [-0.2, 0) is 30.2 Å². The van der Waals surface area contributed by atoms with E-state index in [4.69, 9.17) is 5.73 Å². The van der Waals surface area contributed by atoms with Crippen LogP contribution in [0.5, 0.6) is 0 Å². The van der Waals surface area contributed by atoms with Gasteiger partial charge in [0.05, 0.1) is 17.9 Å². The van der Waals surface area contributed by atoms with Crippen LogP contribution in [-0.4, -0.2) is 28.2 Å². The van der Waals surface area contributed by atoms with Gasteiger partial charge in [-0.3, -0.25) is 5.10 Å². The highest BCUT2D eigenvalue weighted by Crippen LogP contribution is 2.17. The van der Waals surface area contributed by atoms with Gasteiger partial charge in [-0.15, -0.1) is 0 Å². The molecule has 0 atom stereocenters. The van der Waals surface area contributed by atoms with E-state index in [1.54, 1.807) is 30.9 Å². The minimum absolute atomic E-state index is 0.0585. The largest absolute Gasteiger partial charge is 0.337 e. The first-order chi connectivity index (χ1) is 8.95. The molecule has 0 saturated carbocycles. The molecule has 0 aromatic carbocycles. The second-order valence-electron chi connectivity index (χ2n) is 4.11. The lowest BCUT2D eigenvalue weighted by atomic mass is 10.4. The molecular formula is C10H16N6O2S. The van der Waals surface area contributed by atoms with E-state index < -0.39 is 10.0 Å². The summed E-state index contributed by atoms with van der Waals surface area (Å²) in [4.78, 5) is 4.17. The molecule has 0 bridgehead atoms. The van der Waals surface area contributed by atoms with Crippen molar-refractivity contribution in [2.24, 2.45) is 12.8 Å². The summed E-state index contributed by atoms with van der Waals surface area (Å²) in [6.07, 6.45) is 3.36. The minimum atomic E-state index is -3.66. The summed E-state index contributed by atoms with van der Waals surface area (Å²) in [5.74, 6) is 0.624. The summed E-state index contributed by atoms with van der Waals surface area (Å²) in [6.45, 7) is 1.81. The van der Waals surface area contributed by atoms with Crippen LogP contribution in [0, 0.1) is 6.92 Å². The number of hydrogen-bond acceptors (Lipinski definition) is 5. The van der Waals surface area contributed by atoms with E-state index in [9.17, 15) is 8.42 Å². The van der Waals surface area contributed by atoms with Crippen molar-refractivity contribution in [3.63, 3.8) is 0 Å². The Morgan fingerprint density at radius 3 is 2.84 bits per heavy atom. The normalized spacial score (nSPS) is 11.9. The molecule has 4 N–H and O–H groups in total. The zero-order valence-corrected chi connectivity index (χ0v) is 11.5. The molecule has 0 aliphatic rings. The van der Waals surface area contributed by atoms with Gasteiger partial charge in [-0.1, -0.05) is 0 Å². The predicted molar refractivity (Wildman–Crippen MR) is 68.4 cm³/mol. The molecule has 2 aromatic rings. The Balaban J connectivity index is 2.23. The Morgan fingerprint density at radius 1 is 1.53 bits per heavy atom. The van der Waals surface area contributed by atoms with E-state index in [-0.39, 0.29) is 18.0 Å². The fourth-order valence-corrected chi connectivity index (χ4v) is 3.11. The molecule has 0 aliphatic carbocycles. The second kappa shape index (κ2) is 5.11. The smallest absolute Gasteiger partial charge is 0.244 e. The van der Waals surface area contributed by atoms with Crippen molar-refractivity contribution in [1.82, 2.24) is 24.5 Å². The fraction of sp³-hybridized carbons (Fsp3) is 0.400. The summed E-state index contributed by atoms with van der Waals surface area (Å²) >= 11 is 0. The maximum atomic E-state index is 12.2. The topological polar surface area (TPSA) is 119 Å². The van der Waals surface area contributed by atoms with Gasteiger partial charge in [-0.2, -0.15) is 5.10 Å². The first-order valence-electron chi connectivity index (χ1n) is 5.65. The van der Waals surface area contributed by atoms with Crippen LogP contribution in [0.1, 0.15) is 17.2 Å². The van der Waals surface area contributed by atoms with Gasteiger partial charge in [0, 0.05) is 26.0 Å². The monoisotopic (exact) mass is 284 g/mol. The molecule has 0 amide bonds. The number of rotatable bonds is 5. The standard InChI is InChI=1S/C10H16N6O2S/c1-7-10(8(5-11)15-14-7)19(17,18)13-6-9-12-3-4-16(9)2/h3-4,13H,5-6,11H2,1-2H3,(H,14,15). The van der Waals surface area contributed by atoms with Crippen LogP contribution >= 0.6 is 0 Å². The Labute approximate surface area is 111 Å². The van der Waals surface area contributed by atoms with Crippen LogP contribution < -0.4 is 10.5 Å². The highest BCUT2D eigenvalue weighted by atomic mass is 32.2. The molecule has 2 heterocycles. The third-order valence-electron chi connectivity index (χ3n) is 2.76. The van der Waals surface area contributed by atoms with Gasteiger partial charge in [0.2, 0.25) is 10.0 Å². The Morgan fingerprint density at radius 2 is 2.26 bits per heavy atom. The van der Waals surface area contributed by atoms with Crippen molar-refractivity contribution in [2.45, 2.75) is 24.9 Å². The average molecular weight is 284 g/mol. The van der Waals surface area contributed by atoms with Crippen molar-refractivity contribution in [2.75, 3.05) is 0 Å². The van der Waals surface area contributed by atoms with Crippen LogP contribution in [0.25, 0.3) is 0 Å². The number of hydrogen-bond donors (Lipinski definition) is 3. The minimum Gasteiger partial charge on any atom is -0.337 e. The summed E-state index contributed by atoms with van der Waals surface area (Å²) in [5, 5.41) is 6.50. The van der Waals surface area contributed by atoms with Gasteiger partial charge in [0.15, 0.2) is 0 Å². The summed E-state index contributed by atoms with van der Waals surface area (Å²) in [7, 11) is -1.86. The number of aromatic nitrogens is 4. The molecule has 104 valence electrons. The van der Waals surface area contributed by atoms with E-state index in [0.717, 1.165) is 0 Å². The van der Waals surface area contributed by atoms with E-state index in [2.05, 4.69) is 19.9 Å². The van der Waals surface area contributed by atoms with Crippen molar-refractivity contribution in [1.29, 1.82) is 0 Å². The number of nitrogens with zero attached hydrogens (tertiary/aromatic N) is 3. The van der Waals surface area contributed by atoms with Crippen molar-refractivity contribution >= 4 is 10.0 Å². The molecular weight excluding hydrogens is 268 g/mol. The average Bonchev–Trinajstić information content (AvgIpc) is 2.93. The molecule has 0 spiro atoms. The summed E-state index contributed by atoms with van der Waals surface area (Å²) < 4.78 is 28.7. The zero-order chi connectivity index (χ0) is 14.0. The summed E-state index contributed by atoms with van der Waals surface area (Å²) in [5.41, 5.74) is 6.27. The molecule has 8 nitrogen and oxygen atoms in total. The number of sulfonamides is 1. The maximum absolute atomic E-state index is 12.2. The van der Waals surface area contributed by atoms with Crippen LogP contribution in [0.3, 0.4) is 0 Å². The molecule has 0 aliphatic heterocycles. The van der Waals surface area contributed by atoms with E-state index in [0.29, 0.717) is 17.2 Å². The van der Waals surface area contributed by atoms with E-state index in [1.807, 2.05) is 0 Å². The highest BCUT2D eigenvalue weighted by molar-refractivity contribution is 7.89. The van der Waals surface area contributed by atoms with Crippen LogP contribution in [0.2, 0.25) is 0 Å². The van der Waals surface area contributed by atoms with Gasteiger partial charge < -0.3 is 10.3 Å². The lowest BCUT2D eigenvalue weighted by molar-refractivity contribution is 0.575. The Kier molecular flexibility index (Phi) is 3.69. The quantitative estimate of drug-likeness (QED) is 0.676. The van der Waals surface area contributed by atoms with E-state index in [1.165, 1.54) is 0 Å². The molecule has 2 aromatic heterocycles. The fourth-order valence-electron chi connectivity index (χ4n) is 1.76. The molecule has 0 saturated heterocycles. The highest BCUT2D eigenvalue weighted by Gasteiger charge is 2.23. The van der Waals surface area contributed by atoms with Gasteiger partial charge in [0.25, 0.3) is 0 Å². The lowest BCUT2D eigenvalue weighted by Gasteiger charge is -2.07. The number of aromatic amines is 1. The number of aryl methyl sites for hydroxylation is 2. The Hall–Kier alpha value is -1.71. The third kappa shape index (κ3) is 2.67. The molecule has 19 heavy (non-hydrogen) atoms. The number of H-pyrrole nitrogens is 1. The van der Waals surface area contributed by atoms with Crippen molar-refractivity contribution in [3.05, 3.63) is 29.6 Å². The first kappa shape index (κ1) is 13.7. The van der Waals surface area contributed by atoms with Gasteiger partial charge in [-0.05, 0) is 6.92 Å². The van der Waals surface area contributed by atoms with E-state index >= 15 is 0 Å². The Bertz CT molecular complexity index is 672.